The quantitative estimate of drug-likeness (QED) is 0.388. The largest absolute Gasteiger partial charge is 0.468 e. The lowest BCUT2D eigenvalue weighted by Gasteiger charge is -1.85. The second-order valence-electron chi connectivity index (χ2n) is 2.52. The maximum atomic E-state index is 8.18. The molecule has 0 saturated heterocycles. The van der Waals surface area contributed by atoms with E-state index in [4.69, 9.17) is 9.67 Å². The summed E-state index contributed by atoms with van der Waals surface area (Å²) >= 11 is 0. The van der Waals surface area contributed by atoms with Gasteiger partial charge in [0, 0.05) is 5.39 Å². The molecular weight excluding hydrogens is 166 g/mol. The number of para-hydroxylation sites is 1. The van der Waals surface area contributed by atoms with E-state index >= 15 is 0 Å². The van der Waals surface area contributed by atoms with Crippen molar-refractivity contribution < 1.29 is 14.5 Å². The topological polar surface area (TPSA) is 42.6 Å². The highest BCUT2D eigenvalue weighted by Crippen LogP contribution is 2.11. The predicted molar refractivity (Wildman–Crippen MR) is 56.6 cm³/mol. The van der Waals surface area contributed by atoms with Crippen LogP contribution in [0, 0.1) is 0 Å². The third kappa shape index (κ3) is 1.94. The first-order valence-electron chi connectivity index (χ1n) is 3.64. The minimum atomic E-state index is 0. The van der Waals surface area contributed by atoms with Crippen LogP contribution in [0.25, 0.3) is 11.0 Å². The maximum Gasteiger partial charge on any atom is 0.395 e. The highest BCUT2D eigenvalue weighted by molar-refractivity contribution is 6.45. The molecule has 5 heteroatoms. The molecule has 0 amide bonds. The van der Waals surface area contributed by atoms with Crippen molar-refractivity contribution in [1.29, 1.82) is 0 Å². The lowest BCUT2D eigenvalue weighted by molar-refractivity contribution is -0.136. The summed E-state index contributed by atoms with van der Waals surface area (Å²) in [6.45, 7) is 0. The molecule has 3 nitrogen and oxygen atoms in total. The van der Waals surface area contributed by atoms with Crippen LogP contribution in [0.4, 0.5) is 0 Å². The summed E-state index contributed by atoms with van der Waals surface area (Å²) in [4.78, 5) is 3.96. The van der Waals surface area contributed by atoms with Crippen molar-refractivity contribution in [2.75, 3.05) is 0 Å². The molecule has 13 heavy (non-hydrogen) atoms. The molecule has 1 aromatic heterocycles. The van der Waals surface area contributed by atoms with Gasteiger partial charge in [0.15, 0.2) is 0 Å². The van der Waals surface area contributed by atoms with Gasteiger partial charge in [-0.2, -0.15) is 0 Å². The molecule has 2 aromatic rings. The number of hydrogen-bond donors (Lipinski definition) is 1. The van der Waals surface area contributed by atoms with Crippen LogP contribution in [0.3, 0.4) is 0 Å². The summed E-state index contributed by atoms with van der Waals surface area (Å²) < 4.78 is 5.32. The van der Waals surface area contributed by atoms with Crippen molar-refractivity contribution in [3.8, 4) is 0 Å². The van der Waals surface area contributed by atoms with Crippen LogP contribution in [0.1, 0.15) is 0 Å². The van der Waals surface area contributed by atoms with Crippen molar-refractivity contribution in [1.82, 2.24) is 0 Å². The highest BCUT2D eigenvalue weighted by atomic mass is 17.1. The Bertz CT molecular complexity index is 353. The van der Waals surface area contributed by atoms with E-state index in [1.165, 1.54) is 0 Å². The van der Waals surface area contributed by atoms with Gasteiger partial charge in [-0.25, -0.2) is 0 Å². The van der Waals surface area contributed by atoms with E-state index in [9.17, 15) is 0 Å². The summed E-state index contributed by atoms with van der Waals surface area (Å²) in [7, 11) is 0.0919. The van der Waals surface area contributed by atoms with Gasteiger partial charge in [-0.15, -0.1) is 0 Å². The molecular formula is C8H10B2O3. The van der Waals surface area contributed by atoms with E-state index in [1.807, 2.05) is 30.3 Å². The second-order valence-corrected chi connectivity index (χ2v) is 2.52. The SMILES string of the molecule is B.OOBc1cc2ccccc2o1. The van der Waals surface area contributed by atoms with Crippen molar-refractivity contribution >= 4 is 32.5 Å². The lowest BCUT2D eigenvalue weighted by Crippen LogP contribution is -2.12. The van der Waals surface area contributed by atoms with E-state index in [0.29, 0.717) is 5.66 Å². The summed E-state index contributed by atoms with van der Waals surface area (Å²) in [5.74, 6) is 0. The average molecular weight is 176 g/mol. The van der Waals surface area contributed by atoms with Crippen LogP contribution in [-0.4, -0.2) is 21.2 Å². The zero-order valence-corrected chi connectivity index (χ0v) is 6.36. The Hall–Kier alpha value is -1.19. The number of benzene rings is 1. The molecule has 0 unspecified atom stereocenters. The summed E-state index contributed by atoms with van der Waals surface area (Å²) in [6, 6.07) is 9.48. The minimum Gasteiger partial charge on any atom is -0.468 e. The molecule has 0 saturated carbocycles. The number of rotatable bonds is 2. The van der Waals surface area contributed by atoms with E-state index in [2.05, 4.69) is 4.81 Å². The normalized spacial score (nSPS) is 9.62. The summed E-state index contributed by atoms with van der Waals surface area (Å²) in [5.41, 5.74) is 1.43. The van der Waals surface area contributed by atoms with Gasteiger partial charge >= 0.3 is 7.48 Å². The van der Waals surface area contributed by atoms with Gasteiger partial charge in [-0.3, -0.25) is 5.26 Å². The minimum absolute atomic E-state index is 0. The molecule has 0 radical (unpaired) electrons. The van der Waals surface area contributed by atoms with Crippen molar-refractivity contribution in [2.24, 2.45) is 0 Å². The smallest absolute Gasteiger partial charge is 0.395 e. The second kappa shape index (κ2) is 4.16. The predicted octanol–water partition coefficient (Wildman–Crippen LogP) is -0.285. The summed E-state index contributed by atoms with van der Waals surface area (Å²) in [5, 5.41) is 9.20. The molecule has 1 heterocycles. The molecule has 0 aliphatic carbocycles. The zero-order chi connectivity index (χ0) is 8.39. The Balaban J connectivity index is 0.000000845. The third-order valence-electron chi connectivity index (χ3n) is 1.68. The van der Waals surface area contributed by atoms with Crippen LogP contribution in [0.15, 0.2) is 34.7 Å². The van der Waals surface area contributed by atoms with Gasteiger partial charge in [0.05, 0.1) is 8.41 Å². The molecule has 1 aromatic carbocycles. The molecule has 0 aliphatic rings. The molecule has 0 aliphatic heterocycles. The van der Waals surface area contributed by atoms with Gasteiger partial charge in [0.2, 0.25) is 0 Å². The Morgan fingerprint density at radius 2 is 2.08 bits per heavy atom. The molecule has 0 spiro atoms. The van der Waals surface area contributed by atoms with Crippen molar-refractivity contribution in [2.45, 2.75) is 0 Å². The van der Waals surface area contributed by atoms with Gasteiger partial charge in [0.25, 0.3) is 0 Å². The Kier molecular flexibility index (Phi) is 3.17. The molecule has 0 fully saturated rings. The maximum absolute atomic E-state index is 8.18. The standard InChI is InChI=1S/C8H7BO3.BH3/c10-12-9-8-5-6-3-1-2-4-7(6)11-8;/h1-5,9-10H;1H3. The first-order chi connectivity index (χ1) is 5.90. The van der Waals surface area contributed by atoms with Gasteiger partial charge in [0.1, 0.15) is 11.2 Å². The number of furan rings is 1. The first-order valence-corrected chi connectivity index (χ1v) is 3.64. The molecule has 0 bridgehead atoms. The zero-order valence-electron chi connectivity index (χ0n) is 6.36. The fraction of sp³-hybridized carbons (Fsp3) is 0. The third-order valence-corrected chi connectivity index (χ3v) is 1.68. The van der Waals surface area contributed by atoms with Crippen LogP contribution in [0.2, 0.25) is 0 Å². The van der Waals surface area contributed by atoms with Crippen molar-refractivity contribution in [3.05, 3.63) is 30.3 Å². The summed E-state index contributed by atoms with van der Waals surface area (Å²) in [6.07, 6.45) is 0. The Morgan fingerprint density at radius 1 is 1.31 bits per heavy atom. The van der Waals surface area contributed by atoms with Gasteiger partial charge in [-0.05, 0) is 12.1 Å². The Labute approximate surface area is 78.1 Å². The molecule has 1 N–H and O–H groups in total. The van der Waals surface area contributed by atoms with Crippen LogP contribution < -0.4 is 5.66 Å². The molecule has 0 atom stereocenters. The fourth-order valence-electron chi connectivity index (χ4n) is 1.17. The highest BCUT2D eigenvalue weighted by Gasteiger charge is 2.04. The van der Waals surface area contributed by atoms with Crippen LogP contribution >= 0.6 is 0 Å². The van der Waals surface area contributed by atoms with E-state index < -0.39 is 0 Å². The molecule has 66 valence electrons. The Morgan fingerprint density at radius 3 is 2.77 bits per heavy atom. The van der Waals surface area contributed by atoms with Gasteiger partial charge < -0.3 is 9.22 Å². The fourth-order valence-corrected chi connectivity index (χ4v) is 1.17. The first kappa shape index (κ1) is 9.89. The van der Waals surface area contributed by atoms with Crippen molar-refractivity contribution in [3.63, 3.8) is 0 Å². The lowest BCUT2D eigenvalue weighted by atomic mass is 9.98. The van der Waals surface area contributed by atoms with Crippen LogP contribution in [0.5, 0.6) is 0 Å². The van der Waals surface area contributed by atoms with E-state index in [1.54, 1.807) is 0 Å². The number of fused-ring (bicyclic) bond motifs is 1. The van der Waals surface area contributed by atoms with E-state index in [-0.39, 0.29) is 15.9 Å². The monoisotopic (exact) mass is 176 g/mol. The van der Waals surface area contributed by atoms with E-state index in [0.717, 1.165) is 11.0 Å². The molecule has 2 rings (SSSR count). The average Bonchev–Trinajstić information content (AvgIpc) is 2.47. The van der Waals surface area contributed by atoms with Crippen LogP contribution in [-0.2, 0) is 4.81 Å². The number of hydrogen-bond acceptors (Lipinski definition) is 3. The van der Waals surface area contributed by atoms with Gasteiger partial charge in [-0.1, -0.05) is 18.2 Å².